The molecule has 4 fully saturated rings. The van der Waals surface area contributed by atoms with Gasteiger partial charge in [-0.25, -0.2) is 13.4 Å². The van der Waals surface area contributed by atoms with Crippen molar-refractivity contribution in [1.29, 1.82) is 0 Å². The number of aromatic nitrogens is 4. The van der Waals surface area contributed by atoms with E-state index in [4.69, 9.17) is 9.72 Å². The van der Waals surface area contributed by atoms with E-state index >= 15 is 0 Å². The average Bonchev–Trinajstić information content (AvgIpc) is 3.70. The Bertz CT molecular complexity index is 2960. The minimum atomic E-state index is -3.65. The molecule has 71 heavy (non-hydrogen) atoms. The molecule has 1 unspecified atom stereocenters. The van der Waals surface area contributed by atoms with Crippen LogP contribution >= 0.6 is 15.9 Å². The van der Waals surface area contributed by atoms with Crippen molar-refractivity contribution in [2.75, 3.05) is 97.4 Å². The molecule has 0 radical (unpaired) electrons. The lowest BCUT2D eigenvalue weighted by molar-refractivity contribution is -0.136. The van der Waals surface area contributed by atoms with Crippen LogP contribution in [0.2, 0.25) is 0 Å². The van der Waals surface area contributed by atoms with E-state index in [0.29, 0.717) is 69.2 Å². The number of fused-ring (bicyclic) bond motifs is 2. The number of aryl methyl sites for hydroxylation is 1. The number of anilines is 7. The van der Waals surface area contributed by atoms with E-state index in [9.17, 15) is 22.8 Å². The summed E-state index contributed by atoms with van der Waals surface area (Å²) in [5.74, 6) is 1.28. The molecule has 4 saturated heterocycles. The van der Waals surface area contributed by atoms with Crippen LogP contribution in [0.25, 0.3) is 11.0 Å². The predicted molar refractivity (Wildman–Crippen MR) is 277 cm³/mol. The Morgan fingerprint density at radius 3 is 2.34 bits per heavy atom. The summed E-state index contributed by atoms with van der Waals surface area (Å²) in [6, 6.07) is 13.8. The van der Waals surface area contributed by atoms with Crippen LogP contribution in [0.3, 0.4) is 0 Å². The fourth-order valence-electron chi connectivity index (χ4n) is 10.9. The zero-order valence-electron chi connectivity index (χ0n) is 40.3. The van der Waals surface area contributed by atoms with Crippen molar-refractivity contribution in [1.82, 2.24) is 40.0 Å². The first-order valence-electron chi connectivity index (χ1n) is 24.5. The highest BCUT2D eigenvalue weighted by Crippen LogP contribution is 2.39. The Morgan fingerprint density at radius 2 is 1.61 bits per heavy atom. The third kappa shape index (κ3) is 10.6. The maximum atomic E-state index is 13.2. The Balaban J connectivity index is 0.705. The van der Waals surface area contributed by atoms with Crippen LogP contribution < -0.4 is 35.2 Å². The Morgan fingerprint density at radius 1 is 0.845 bits per heavy atom. The summed E-state index contributed by atoms with van der Waals surface area (Å²) < 4.78 is 33.9. The minimum Gasteiger partial charge on any atom is -0.494 e. The number of nitrogens with zero attached hydrogens (tertiary/aromatic N) is 9. The highest BCUT2D eigenvalue weighted by molar-refractivity contribution is 9.10. The van der Waals surface area contributed by atoms with Gasteiger partial charge in [0, 0.05) is 120 Å². The van der Waals surface area contributed by atoms with E-state index in [1.165, 1.54) is 17.4 Å². The van der Waals surface area contributed by atoms with E-state index < -0.39 is 16.1 Å². The molecular weight excluding hydrogens is 991 g/mol. The number of imide groups is 1. The van der Waals surface area contributed by atoms with Crippen molar-refractivity contribution in [3.8, 4) is 5.75 Å². The van der Waals surface area contributed by atoms with Gasteiger partial charge in [-0.2, -0.15) is 4.98 Å². The number of carbonyl (C=O) groups excluding carboxylic acids is 3. The molecule has 21 heteroatoms. The predicted octanol–water partition coefficient (Wildman–Crippen LogP) is 5.88. The summed E-state index contributed by atoms with van der Waals surface area (Å²) in [6.45, 7) is 12.0. The smallest absolute Gasteiger partial charge is 0.255 e. The number of ether oxygens (including phenoxy) is 1. The van der Waals surface area contributed by atoms with Crippen molar-refractivity contribution in [3.63, 3.8) is 0 Å². The van der Waals surface area contributed by atoms with Crippen LogP contribution in [0.4, 0.5) is 40.2 Å². The standard InChI is InChI=1S/C50H60BrN13O6S/c1-4-32-26-40(56-50-54-28-37(51)47(58-50)55-39-8-7-38-45(53-16-15-52-38)46(39)59-71(3,68)69)43(70-2)27-42(32)63-19-13-34(14-20-63)62-23-21-60(22-24-62)29-31-11-17-61(18-12-31)35-5-6-36-33(25-35)30-64(49(36)67)41-9-10-44(65)57-48(41)66/h5-8,15-16,25-28,31,34,41,59H,4,9-14,17-24,29-30H2,1-3H3,(H,57,65,66)(H2,54,55,56,58). The number of hydrogen-bond donors (Lipinski definition) is 4. The second-order valence-corrected chi connectivity index (χ2v) is 21.8. The average molecular weight is 1050 g/mol. The van der Waals surface area contributed by atoms with Gasteiger partial charge < -0.3 is 35.0 Å². The summed E-state index contributed by atoms with van der Waals surface area (Å²) >= 11 is 3.55. The van der Waals surface area contributed by atoms with Crippen molar-refractivity contribution in [3.05, 3.63) is 82.2 Å². The van der Waals surface area contributed by atoms with E-state index in [-0.39, 0.29) is 29.8 Å². The number of benzene rings is 3. The topological polar surface area (TPSA) is 210 Å². The second kappa shape index (κ2) is 20.5. The molecule has 19 nitrogen and oxygen atoms in total. The van der Waals surface area contributed by atoms with Crippen LogP contribution in [-0.4, -0.2) is 145 Å². The maximum absolute atomic E-state index is 13.2. The first kappa shape index (κ1) is 48.5. The number of rotatable bonds is 14. The Labute approximate surface area is 422 Å². The molecule has 1 atom stereocenters. The van der Waals surface area contributed by atoms with Gasteiger partial charge in [0.05, 0.1) is 40.4 Å². The third-order valence-corrected chi connectivity index (χ3v) is 15.8. The van der Waals surface area contributed by atoms with Gasteiger partial charge in [-0.1, -0.05) is 6.92 Å². The lowest BCUT2D eigenvalue weighted by Gasteiger charge is -2.44. The molecule has 10 rings (SSSR count). The number of piperidine rings is 3. The Hall–Kier alpha value is -6.16. The number of hydrogen-bond acceptors (Lipinski definition) is 16. The van der Waals surface area contributed by atoms with E-state index in [1.807, 2.05) is 12.1 Å². The van der Waals surface area contributed by atoms with Gasteiger partial charge in [0.25, 0.3) is 5.91 Å². The summed E-state index contributed by atoms with van der Waals surface area (Å²) in [6.07, 6.45) is 11.7. The molecule has 4 N–H and O–H groups in total. The zero-order chi connectivity index (χ0) is 49.4. The summed E-state index contributed by atoms with van der Waals surface area (Å²) in [5, 5.41) is 9.02. The van der Waals surface area contributed by atoms with Crippen LogP contribution in [-0.2, 0) is 32.6 Å². The lowest BCUT2D eigenvalue weighted by atomic mass is 9.95. The van der Waals surface area contributed by atoms with E-state index in [0.717, 1.165) is 114 Å². The highest BCUT2D eigenvalue weighted by Gasteiger charge is 2.39. The van der Waals surface area contributed by atoms with Gasteiger partial charge >= 0.3 is 0 Å². The molecule has 3 aromatic carbocycles. The van der Waals surface area contributed by atoms with Crippen LogP contribution in [0.15, 0.2) is 65.5 Å². The first-order valence-corrected chi connectivity index (χ1v) is 27.2. The SMILES string of the molecule is CCc1cc(Nc2ncc(Br)c(Nc3ccc4nccnc4c3NS(C)(=O)=O)n2)c(OC)cc1N1CCC(N2CCN(CC3CCN(c4ccc5c(c4)CN(C4CCC(=O)NC4=O)C5=O)CC3)CC2)CC1. The third-order valence-electron chi connectivity index (χ3n) is 14.7. The Kier molecular flexibility index (Phi) is 14.0. The van der Waals surface area contributed by atoms with Gasteiger partial charge in [0.2, 0.25) is 27.8 Å². The molecule has 0 aliphatic carbocycles. The monoisotopic (exact) mass is 1050 g/mol. The number of sulfonamides is 1. The molecule has 374 valence electrons. The van der Waals surface area contributed by atoms with Crippen LogP contribution in [0.1, 0.15) is 66.9 Å². The molecule has 0 spiro atoms. The number of nitrogens with one attached hydrogen (secondary N) is 4. The molecule has 2 aromatic heterocycles. The van der Waals surface area contributed by atoms with Crippen LogP contribution in [0.5, 0.6) is 5.75 Å². The van der Waals surface area contributed by atoms with Gasteiger partial charge in [-0.05, 0) is 108 Å². The largest absolute Gasteiger partial charge is 0.494 e. The highest BCUT2D eigenvalue weighted by atomic mass is 79.9. The molecule has 7 heterocycles. The summed E-state index contributed by atoms with van der Waals surface area (Å²) in [7, 11) is -1.98. The summed E-state index contributed by atoms with van der Waals surface area (Å²) in [5.41, 5.74) is 7.48. The number of carbonyl (C=O) groups is 3. The fraction of sp³-hybridized carbons (Fsp3) is 0.460. The first-order chi connectivity index (χ1) is 34.3. The number of methoxy groups -OCH3 is 1. The summed E-state index contributed by atoms with van der Waals surface area (Å²) in [4.78, 5) is 67.4. The van der Waals surface area contributed by atoms with Gasteiger partial charge in [0.1, 0.15) is 23.1 Å². The molecule has 0 saturated carbocycles. The molecule has 5 aliphatic heterocycles. The van der Waals surface area contributed by atoms with Gasteiger partial charge in [-0.15, -0.1) is 0 Å². The quantitative estimate of drug-likeness (QED) is 0.0958. The molecule has 0 bridgehead atoms. The molecule has 3 amide bonds. The van der Waals surface area contributed by atoms with Crippen molar-refractivity contribution >= 4 is 94.9 Å². The minimum absolute atomic E-state index is 0.130. The fourth-order valence-corrected chi connectivity index (χ4v) is 11.8. The zero-order valence-corrected chi connectivity index (χ0v) is 42.7. The van der Waals surface area contributed by atoms with Crippen molar-refractivity contribution < 1.29 is 27.5 Å². The van der Waals surface area contributed by atoms with Crippen molar-refractivity contribution in [2.24, 2.45) is 5.92 Å². The number of piperazine rings is 1. The molecular formula is C50H60BrN13O6S. The normalized spacial score (nSPS) is 19.8. The van der Waals surface area contributed by atoms with E-state index in [2.05, 4.69) is 96.3 Å². The van der Waals surface area contributed by atoms with Gasteiger partial charge in [0.15, 0.2) is 0 Å². The molecule has 5 aromatic rings. The maximum Gasteiger partial charge on any atom is 0.255 e. The second-order valence-electron chi connectivity index (χ2n) is 19.2. The van der Waals surface area contributed by atoms with E-state index in [1.54, 1.807) is 36.5 Å². The lowest BCUT2D eigenvalue weighted by Crippen LogP contribution is -2.54. The number of halogens is 1. The van der Waals surface area contributed by atoms with Crippen molar-refractivity contribution in [2.45, 2.75) is 70.5 Å². The van der Waals surface area contributed by atoms with Crippen LogP contribution in [0, 0.1) is 5.92 Å². The van der Waals surface area contributed by atoms with Gasteiger partial charge in [-0.3, -0.25) is 39.3 Å². The number of amides is 3. The molecule has 5 aliphatic rings.